The second-order valence-corrected chi connectivity index (χ2v) is 4.86. The fourth-order valence-corrected chi connectivity index (χ4v) is 2.09. The SMILES string of the molecule is NC(=S)OCCCCCn1cnc2c(=S)nc[nH]c21. The second-order valence-electron chi connectivity index (χ2n) is 4.07. The average Bonchev–Trinajstić information content (AvgIpc) is 2.78. The minimum Gasteiger partial charge on any atom is -0.471 e. The number of imidazole rings is 1. The van der Waals surface area contributed by atoms with Crippen LogP contribution in [0.15, 0.2) is 12.7 Å². The van der Waals surface area contributed by atoms with E-state index in [0.717, 1.165) is 37.0 Å². The van der Waals surface area contributed by atoms with Crippen LogP contribution >= 0.6 is 24.4 Å². The summed E-state index contributed by atoms with van der Waals surface area (Å²) in [7, 11) is 0. The minimum atomic E-state index is 0.112. The van der Waals surface area contributed by atoms with E-state index in [1.807, 2.05) is 4.57 Å². The maximum Gasteiger partial charge on any atom is 0.253 e. The molecule has 0 aliphatic heterocycles. The fraction of sp³-hybridized carbons (Fsp3) is 0.455. The zero-order valence-electron chi connectivity index (χ0n) is 10.3. The standard InChI is InChI=1S/C11H15N5OS2/c12-11(19)17-5-3-1-2-4-16-7-15-8-9(16)13-6-14-10(8)18/h6-7H,1-5H2,(H2,12,19)(H,13,14,18). The molecule has 2 aromatic rings. The molecule has 19 heavy (non-hydrogen) atoms. The molecule has 0 amide bonds. The number of unbranched alkanes of at least 4 members (excludes halogenated alkanes) is 2. The summed E-state index contributed by atoms with van der Waals surface area (Å²) in [5.74, 6) is 0. The number of nitrogens with zero attached hydrogens (tertiary/aromatic N) is 3. The highest BCUT2D eigenvalue weighted by Gasteiger charge is 2.04. The molecule has 0 spiro atoms. The van der Waals surface area contributed by atoms with Gasteiger partial charge in [0, 0.05) is 6.54 Å². The molecule has 0 fully saturated rings. The lowest BCUT2D eigenvalue weighted by molar-refractivity contribution is 0.295. The number of aromatic amines is 1. The van der Waals surface area contributed by atoms with Gasteiger partial charge in [-0.15, -0.1) is 0 Å². The van der Waals surface area contributed by atoms with Crippen LogP contribution in [-0.4, -0.2) is 31.3 Å². The van der Waals surface area contributed by atoms with E-state index in [9.17, 15) is 0 Å². The number of hydrogen-bond acceptors (Lipinski definition) is 5. The largest absolute Gasteiger partial charge is 0.471 e. The molecule has 0 unspecified atom stereocenters. The molecule has 0 saturated carbocycles. The van der Waals surface area contributed by atoms with Crippen LogP contribution in [0.2, 0.25) is 0 Å². The second kappa shape index (κ2) is 6.58. The molecule has 2 rings (SSSR count). The minimum absolute atomic E-state index is 0.112. The van der Waals surface area contributed by atoms with Gasteiger partial charge in [-0.1, -0.05) is 12.2 Å². The van der Waals surface area contributed by atoms with Crippen molar-refractivity contribution in [1.82, 2.24) is 19.5 Å². The van der Waals surface area contributed by atoms with Crippen molar-refractivity contribution in [2.45, 2.75) is 25.8 Å². The van der Waals surface area contributed by atoms with E-state index in [0.29, 0.717) is 11.2 Å². The Bertz CT molecular complexity index is 621. The van der Waals surface area contributed by atoms with Gasteiger partial charge in [-0.3, -0.25) is 0 Å². The molecule has 6 nitrogen and oxygen atoms in total. The van der Waals surface area contributed by atoms with Gasteiger partial charge in [-0.05, 0) is 31.5 Å². The molecule has 0 bridgehead atoms. The number of aromatic nitrogens is 4. The summed E-state index contributed by atoms with van der Waals surface area (Å²) in [6, 6.07) is 0. The van der Waals surface area contributed by atoms with E-state index >= 15 is 0 Å². The summed E-state index contributed by atoms with van der Waals surface area (Å²) < 4.78 is 7.60. The Balaban J connectivity index is 1.84. The predicted octanol–water partition coefficient (Wildman–Crippen LogP) is 1.92. The topological polar surface area (TPSA) is 81.8 Å². The fourth-order valence-electron chi connectivity index (χ4n) is 1.81. The summed E-state index contributed by atoms with van der Waals surface area (Å²) >= 11 is 9.74. The molecule has 3 N–H and O–H groups in total. The van der Waals surface area contributed by atoms with E-state index in [4.69, 9.17) is 22.7 Å². The van der Waals surface area contributed by atoms with Crippen LogP contribution in [0.3, 0.4) is 0 Å². The van der Waals surface area contributed by atoms with E-state index in [-0.39, 0.29) is 5.17 Å². The van der Waals surface area contributed by atoms with Gasteiger partial charge in [-0.2, -0.15) is 0 Å². The lowest BCUT2D eigenvalue weighted by Gasteiger charge is -2.05. The molecule has 2 aromatic heterocycles. The van der Waals surface area contributed by atoms with Crippen molar-refractivity contribution < 1.29 is 4.74 Å². The van der Waals surface area contributed by atoms with Crippen molar-refractivity contribution in [3.05, 3.63) is 17.3 Å². The first-order valence-electron chi connectivity index (χ1n) is 5.99. The maximum absolute atomic E-state index is 5.24. The van der Waals surface area contributed by atoms with Gasteiger partial charge in [0.15, 0.2) is 4.64 Å². The molecule has 2 heterocycles. The van der Waals surface area contributed by atoms with Gasteiger partial charge in [0.05, 0.1) is 19.3 Å². The molecule has 8 heteroatoms. The summed E-state index contributed by atoms with van der Waals surface area (Å²) in [5, 5.41) is 0.112. The van der Waals surface area contributed by atoms with Crippen LogP contribution in [0.5, 0.6) is 0 Å². The van der Waals surface area contributed by atoms with E-state index in [2.05, 4.69) is 27.2 Å². The van der Waals surface area contributed by atoms with Crippen LogP contribution in [0.1, 0.15) is 19.3 Å². The monoisotopic (exact) mass is 297 g/mol. The molecular formula is C11H15N5OS2. The summed E-state index contributed by atoms with van der Waals surface area (Å²) in [6.45, 7) is 1.45. The van der Waals surface area contributed by atoms with Crippen molar-refractivity contribution >= 4 is 40.8 Å². The van der Waals surface area contributed by atoms with Gasteiger partial charge in [0.1, 0.15) is 11.2 Å². The Morgan fingerprint density at radius 3 is 3.00 bits per heavy atom. The molecule has 0 aliphatic rings. The quantitative estimate of drug-likeness (QED) is 0.626. The van der Waals surface area contributed by atoms with Crippen LogP contribution in [0, 0.1) is 4.64 Å². The number of fused-ring (bicyclic) bond motifs is 1. The number of rotatable bonds is 6. The van der Waals surface area contributed by atoms with Gasteiger partial charge in [0.2, 0.25) is 0 Å². The lowest BCUT2D eigenvalue weighted by atomic mass is 10.2. The highest BCUT2D eigenvalue weighted by molar-refractivity contribution is 7.80. The third-order valence-electron chi connectivity index (χ3n) is 2.71. The number of thiocarbonyl (C=S) groups is 1. The molecule has 0 atom stereocenters. The summed E-state index contributed by atoms with van der Waals surface area (Å²) in [6.07, 6.45) is 6.37. The molecule has 0 aliphatic carbocycles. The lowest BCUT2D eigenvalue weighted by Crippen LogP contribution is -2.13. The molecule has 0 aromatic carbocycles. The van der Waals surface area contributed by atoms with Gasteiger partial charge < -0.3 is 20.0 Å². The predicted molar refractivity (Wildman–Crippen MR) is 79.3 cm³/mol. The van der Waals surface area contributed by atoms with Crippen molar-refractivity contribution in [2.24, 2.45) is 5.73 Å². The zero-order chi connectivity index (χ0) is 13.7. The van der Waals surface area contributed by atoms with Crippen molar-refractivity contribution in [3.8, 4) is 0 Å². The van der Waals surface area contributed by atoms with Crippen LogP contribution in [-0.2, 0) is 11.3 Å². The van der Waals surface area contributed by atoms with E-state index in [1.165, 1.54) is 0 Å². The van der Waals surface area contributed by atoms with E-state index < -0.39 is 0 Å². The third kappa shape index (κ3) is 3.71. The Hall–Kier alpha value is -1.54. The van der Waals surface area contributed by atoms with Gasteiger partial charge in [0.25, 0.3) is 5.17 Å². The Labute approximate surface area is 121 Å². The van der Waals surface area contributed by atoms with Crippen molar-refractivity contribution in [1.29, 1.82) is 0 Å². The maximum atomic E-state index is 5.24. The highest BCUT2D eigenvalue weighted by Crippen LogP contribution is 2.10. The zero-order valence-corrected chi connectivity index (χ0v) is 12.0. The number of hydrogen-bond donors (Lipinski definition) is 2. The van der Waals surface area contributed by atoms with Crippen molar-refractivity contribution in [2.75, 3.05) is 6.61 Å². The number of nitrogens with one attached hydrogen (secondary N) is 1. The number of nitrogens with two attached hydrogens (primary N) is 1. The molecule has 0 radical (unpaired) electrons. The third-order valence-corrected chi connectivity index (χ3v) is 3.13. The Morgan fingerprint density at radius 1 is 1.37 bits per heavy atom. The molecule has 102 valence electrons. The van der Waals surface area contributed by atoms with Crippen molar-refractivity contribution in [3.63, 3.8) is 0 Å². The number of aryl methyl sites for hydroxylation is 1. The van der Waals surface area contributed by atoms with E-state index in [1.54, 1.807) is 12.7 Å². The van der Waals surface area contributed by atoms with Crippen LogP contribution in [0.4, 0.5) is 0 Å². The summed E-state index contributed by atoms with van der Waals surface area (Å²) in [4.78, 5) is 11.3. The first-order valence-corrected chi connectivity index (χ1v) is 6.81. The Morgan fingerprint density at radius 2 is 2.21 bits per heavy atom. The normalized spacial score (nSPS) is 10.7. The van der Waals surface area contributed by atoms with Gasteiger partial charge in [-0.25, -0.2) is 9.97 Å². The Kier molecular flexibility index (Phi) is 4.80. The summed E-state index contributed by atoms with van der Waals surface area (Å²) in [5.41, 5.74) is 6.90. The molecular weight excluding hydrogens is 282 g/mol. The molecule has 0 saturated heterocycles. The van der Waals surface area contributed by atoms with Crippen LogP contribution < -0.4 is 5.73 Å². The highest BCUT2D eigenvalue weighted by atomic mass is 32.1. The average molecular weight is 297 g/mol. The first kappa shape index (κ1) is 13.9. The van der Waals surface area contributed by atoms with Crippen LogP contribution in [0.25, 0.3) is 11.2 Å². The number of H-pyrrole nitrogens is 1. The number of ether oxygens (including phenoxy) is 1. The first-order chi connectivity index (χ1) is 9.18. The smallest absolute Gasteiger partial charge is 0.253 e. The van der Waals surface area contributed by atoms with Gasteiger partial charge >= 0.3 is 0 Å².